The van der Waals surface area contributed by atoms with Gasteiger partial charge in [-0.05, 0) is 49.1 Å². The second kappa shape index (κ2) is 10.9. The van der Waals surface area contributed by atoms with Gasteiger partial charge in [0.2, 0.25) is 11.0 Å². The molecule has 3 rings (SSSR count). The predicted octanol–water partition coefficient (Wildman–Crippen LogP) is 5.01. The third-order valence-corrected chi connectivity index (χ3v) is 6.49. The number of amides is 3. The van der Waals surface area contributed by atoms with Gasteiger partial charge in [-0.15, -0.1) is 10.2 Å². The maximum atomic E-state index is 13.0. The third kappa shape index (κ3) is 6.07. The number of aromatic nitrogens is 2. The van der Waals surface area contributed by atoms with E-state index >= 15 is 0 Å². The van der Waals surface area contributed by atoms with Crippen LogP contribution in [0.1, 0.15) is 31.4 Å². The van der Waals surface area contributed by atoms with Gasteiger partial charge in [0.15, 0.2) is 0 Å². The number of carbonyl (C=O) groups is 2. The number of hydrogen-bond donors (Lipinski definition) is 3. The monoisotopic (exact) mass is 467 g/mol. The lowest BCUT2D eigenvalue weighted by Gasteiger charge is -2.23. The summed E-state index contributed by atoms with van der Waals surface area (Å²) in [5, 5.41) is 17.7. The quantitative estimate of drug-likeness (QED) is 0.432. The van der Waals surface area contributed by atoms with E-state index in [1.165, 1.54) is 11.3 Å². The van der Waals surface area contributed by atoms with Crippen molar-refractivity contribution in [2.75, 3.05) is 17.7 Å². The summed E-state index contributed by atoms with van der Waals surface area (Å²) in [5.41, 5.74) is 3.61. The van der Waals surface area contributed by atoms with Crippen molar-refractivity contribution in [1.82, 2.24) is 15.5 Å². The van der Waals surface area contributed by atoms with Crippen molar-refractivity contribution in [2.24, 2.45) is 5.92 Å². The molecule has 0 aliphatic rings. The highest BCUT2D eigenvalue weighted by atomic mass is 32.1. The Labute approximate surface area is 197 Å². The highest BCUT2D eigenvalue weighted by Crippen LogP contribution is 2.29. The standard InChI is InChI=1S/C24H29N5O3S/c1-6-14(2)20(26-23(31)25-19-12-7-9-15(3)16(19)4)21(30)27-24-29-28-22(33-24)17-10-8-11-18(13-17)32-5/h7-14,20H,6H2,1-5H3,(H2,25,26,31)(H,27,29,30). The summed E-state index contributed by atoms with van der Waals surface area (Å²) in [6, 6.07) is 12.0. The molecule has 0 radical (unpaired) electrons. The number of nitrogens with one attached hydrogen (secondary N) is 3. The van der Waals surface area contributed by atoms with Crippen molar-refractivity contribution in [1.29, 1.82) is 0 Å². The number of hydrogen-bond acceptors (Lipinski definition) is 6. The molecule has 2 aromatic carbocycles. The van der Waals surface area contributed by atoms with Gasteiger partial charge in [-0.2, -0.15) is 0 Å². The molecule has 33 heavy (non-hydrogen) atoms. The van der Waals surface area contributed by atoms with Crippen molar-refractivity contribution in [2.45, 2.75) is 40.2 Å². The van der Waals surface area contributed by atoms with E-state index in [0.29, 0.717) is 28.0 Å². The molecule has 3 aromatic rings. The summed E-state index contributed by atoms with van der Waals surface area (Å²) in [6.45, 7) is 7.82. The zero-order valence-corrected chi connectivity index (χ0v) is 20.2. The molecule has 8 nitrogen and oxygen atoms in total. The average molecular weight is 468 g/mol. The van der Waals surface area contributed by atoms with Crippen molar-refractivity contribution >= 4 is 34.1 Å². The fraction of sp³-hybridized carbons (Fsp3) is 0.333. The Hall–Kier alpha value is -3.46. The van der Waals surface area contributed by atoms with Crippen LogP contribution in [-0.2, 0) is 4.79 Å². The number of urea groups is 1. The Balaban J connectivity index is 1.70. The Kier molecular flexibility index (Phi) is 8.00. The molecule has 3 N–H and O–H groups in total. The van der Waals surface area contributed by atoms with E-state index in [4.69, 9.17) is 4.74 Å². The molecule has 0 aliphatic heterocycles. The lowest BCUT2D eigenvalue weighted by Crippen LogP contribution is -2.49. The van der Waals surface area contributed by atoms with E-state index in [9.17, 15) is 9.59 Å². The van der Waals surface area contributed by atoms with Crippen LogP contribution < -0.4 is 20.7 Å². The Bertz CT molecular complexity index is 1130. The zero-order valence-electron chi connectivity index (χ0n) is 19.4. The largest absolute Gasteiger partial charge is 0.497 e. The molecule has 0 fully saturated rings. The van der Waals surface area contributed by atoms with E-state index in [1.807, 2.05) is 70.2 Å². The minimum atomic E-state index is -0.732. The second-order valence-electron chi connectivity index (χ2n) is 7.84. The zero-order chi connectivity index (χ0) is 24.0. The molecule has 0 aliphatic carbocycles. The van der Waals surface area contributed by atoms with Gasteiger partial charge >= 0.3 is 6.03 Å². The fourth-order valence-corrected chi connectivity index (χ4v) is 3.96. The first-order chi connectivity index (χ1) is 15.8. The first-order valence-corrected chi connectivity index (χ1v) is 11.6. The minimum Gasteiger partial charge on any atom is -0.497 e. The molecule has 2 atom stereocenters. The van der Waals surface area contributed by atoms with E-state index in [2.05, 4.69) is 26.1 Å². The summed E-state index contributed by atoms with van der Waals surface area (Å²) in [4.78, 5) is 25.7. The van der Waals surface area contributed by atoms with E-state index in [0.717, 1.165) is 16.7 Å². The first kappa shape index (κ1) is 24.2. The van der Waals surface area contributed by atoms with Crippen LogP contribution in [0.25, 0.3) is 10.6 Å². The van der Waals surface area contributed by atoms with Crippen molar-refractivity contribution in [3.8, 4) is 16.3 Å². The van der Waals surface area contributed by atoms with Crippen LogP contribution in [0.5, 0.6) is 5.75 Å². The summed E-state index contributed by atoms with van der Waals surface area (Å²) >= 11 is 1.26. The molecule has 3 amide bonds. The lowest BCUT2D eigenvalue weighted by atomic mass is 9.98. The second-order valence-corrected chi connectivity index (χ2v) is 8.82. The highest BCUT2D eigenvalue weighted by molar-refractivity contribution is 7.18. The van der Waals surface area contributed by atoms with Crippen LogP contribution in [0.15, 0.2) is 42.5 Å². The average Bonchev–Trinajstić information content (AvgIpc) is 3.28. The third-order valence-electron chi connectivity index (χ3n) is 5.61. The highest BCUT2D eigenvalue weighted by Gasteiger charge is 2.27. The van der Waals surface area contributed by atoms with E-state index < -0.39 is 12.1 Å². The van der Waals surface area contributed by atoms with Crippen molar-refractivity contribution < 1.29 is 14.3 Å². The maximum Gasteiger partial charge on any atom is 0.319 e. The summed E-state index contributed by atoms with van der Waals surface area (Å²) < 4.78 is 5.25. The molecule has 0 spiro atoms. The van der Waals surface area contributed by atoms with Crippen LogP contribution in [0.3, 0.4) is 0 Å². The number of methoxy groups -OCH3 is 1. The molecular weight excluding hydrogens is 438 g/mol. The Morgan fingerprint density at radius 2 is 1.85 bits per heavy atom. The SMILES string of the molecule is CCC(C)C(NC(=O)Nc1cccc(C)c1C)C(=O)Nc1nnc(-c2cccc(OC)c2)s1. The smallest absolute Gasteiger partial charge is 0.319 e. The molecule has 2 unspecified atom stereocenters. The first-order valence-electron chi connectivity index (χ1n) is 10.7. The van der Waals surface area contributed by atoms with Gasteiger partial charge in [0.1, 0.15) is 16.8 Å². The molecule has 1 heterocycles. The molecule has 0 bridgehead atoms. The van der Waals surface area contributed by atoms with Crippen molar-refractivity contribution in [3.63, 3.8) is 0 Å². The topological polar surface area (TPSA) is 105 Å². The lowest BCUT2D eigenvalue weighted by molar-refractivity contribution is -0.119. The Morgan fingerprint density at radius 1 is 1.09 bits per heavy atom. The van der Waals surface area contributed by atoms with Crippen LogP contribution >= 0.6 is 11.3 Å². The van der Waals surface area contributed by atoms with Crippen LogP contribution in [0.2, 0.25) is 0 Å². The Morgan fingerprint density at radius 3 is 2.58 bits per heavy atom. The van der Waals surface area contributed by atoms with Gasteiger partial charge in [0.05, 0.1) is 7.11 Å². The molecule has 174 valence electrons. The number of ether oxygens (including phenoxy) is 1. The molecule has 0 saturated carbocycles. The number of rotatable bonds is 8. The number of benzene rings is 2. The molecule has 0 saturated heterocycles. The van der Waals surface area contributed by atoms with Crippen LogP contribution in [0, 0.1) is 19.8 Å². The van der Waals surface area contributed by atoms with Gasteiger partial charge in [-0.3, -0.25) is 10.1 Å². The maximum absolute atomic E-state index is 13.0. The number of anilines is 2. The number of aryl methyl sites for hydroxylation is 1. The van der Waals surface area contributed by atoms with Crippen LogP contribution in [-0.4, -0.2) is 35.3 Å². The van der Waals surface area contributed by atoms with Gasteiger partial charge in [0, 0.05) is 11.3 Å². The van der Waals surface area contributed by atoms with E-state index in [1.54, 1.807) is 7.11 Å². The predicted molar refractivity (Wildman–Crippen MR) is 132 cm³/mol. The van der Waals surface area contributed by atoms with Gasteiger partial charge in [0.25, 0.3) is 0 Å². The van der Waals surface area contributed by atoms with Gasteiger partial charge in [-0.1, -0.05) is 55.9 Å². The summed E-state index contributed by atoms with van der Waals surface area (Å²) in [5.74, 6) is 0.290. The number of carbonyl (C=O) groups excluding carboxylic acids is 2. The normalized spacial score (nSPS) is 12.5. The van der Waals surface area contributed by atoms with Gasteiger partial charge < -0.3 is 15.4 Å². The fourth-order valence-electron chi connectivity index (χ4n) is 3.22. The molecular formula is C24H29N5O3S. The van der Waals surface area contributed by atoms with Crippen molar-refractivity contribution in [3.05, 3.63) is 53.6 Å². The number of nitrogens with zero attached hydrogens (tertiary/aromatic N) is 2. The minimum absolute atomic E-state index is 0.0832. The van der Waals surface area contributed by atoms with Crippen LogP contribution in [0.4, 0.5) is 15.6 Å². The summed E-state index contributed by atoms with van der Waals surface area (Å²) in [6.07, 6.45) is 0.715. The summed E-state index contributed by atoms with van der Waals surface area (Å²) in [7, 11) is 1.60. The molecule has 9 heteroatoms. The molecule has 1 aromatic heterocycles. The van der Waals surface area contributed by atoms with Gasteiger partial charge in [-0.25, -0.2) is 4.79 Å². The van der Waals surface area contributed by atoms with E-state index in [-0.39, 0.29) is 11.8 Å².